The van der Waals surface area contributed by atoms with Crippen molar-refractivity contribution >= 4 is 23.3 Å². The number of pyridine rings is 1. The second kappa shape index (κ2) is 12.4. The summed E-state index contributed by atoms with van der Waals surface area (Å²) in [5.74, 6) is -2.37. The van der Waals surface area contributed by atoms with Gasteiger partial charge in [-0.3, -0.25) is 19.4 Å². The maximum atomic E-state index is 14.8. The van der Waals surface area contributed by atoms with Crippen molar-refractivity contribution in [2.75, 3.05) is 18.4 Å². The molecule has 17 heteroatoms. The number of alkyl halides is 3. The van der Waals surface area contributed by atoms with E-state index >= 15 is 0 Å². The number of benzene rings is 1. The van der Waals surface area contributed by atoms with Crippen molar-refractivity contribution in [1.29, 1.82) is 0 Å². The Morgan fingerprint density at radius 1 is 1.08 bits per heavy atom. The number of nitrogens with one attached hydrogen (secondary N) is 1. The van der Waals surface area contributed by atoms with Gasteiger partial charge in [0, 0.05) is 53.1 Å². The predicted octanol–water partition coefficient (Wildman–Crippen LogP) is 5.11. The highest BCUT2D eigenvalue weighted by Gasteiger charge is 2.49. The monoisotopic (exact) mass is 731 g/mol. The lowest BCUT2D eigenvalue weighted by Gasteiger charge is -2.39. The second-order valence-corrected chi connectivity index (χ2v) is 14.1. The molecule has 1 unspecified atom stereocenters. The molecule has 2 amide bonds. The molecule has 1 atom stereocenters. The number of hydrogen-bond acceptors (Lipinski definition) is 9. The highest BCUT2D eigenvalue weighted by atomic mass is 19.4. The van der Waals surface area contributed by atoms with Crippen LogP contribution in [-0.4, -0.2) is 69.0 Å². The van der Waals surface area contributed by atoms with Gasteiger partial charge in [0.1, 0.15) is 18.7 Å². The summed E-state index contributed by atoms with van der Waals surface area (Å²) in [7, 11) is 0. The zero-order valence-corrected chi connectivity index (χ0v) is 28.6. The van der Waals surface area contributed by atoms with Crippen molar-refractivity contribution in [2.24, 2.45) is 0 Å². The summed E-state index contributed by atoms with van der Waals surface area (Å²) in [6, 6.07) is 5.56. The van der Waals surface area contributed by atoms with Crippen molar-refractivity contribution in [3.63, 3.8) is 0 Å². The maximum Gasteiger partial charge on any atom is 0.416 e. The summed E-state index contributed by atoms with van der Waals surface area (Å²) in [5, 5.41) is 17.4. The Labute approximate surface area is 298 Å². The molecule has 274 valence electrons. The first-order chi connectivity index (χ1) is 25.2. The van der Waals surface area contributed by atoms with Crippen LogP contribution in [0.25, 0.3) is 17.2 Å². The molecule has 3 aliphatic rings. The Balaban J connectivity index is 1.17. The minimum atomic E-state index is -4.77. The number of hydrogen-bond donors (Lipinski definition) is 2. The topological polar surface area (TPSA) is 160 Å². The molecule has 13 nitrogen and oxygen atoms in total. The molecule has 1 saturated carbocycles. The van der Waals surface area contributed by atoms with Crippen molar-refractivity contribution in [2.45, 2.75) is 75.9 Å². The normalized spacial score (nSPS) is 18.1. The van der Waals surface area contributed by atoms with Gasteiger partial charge in [0.15, 0.2) is 17.3 Å². The van der Waals surface area contributed by atoms with Crippen LogP contribution in [-0.2, 0) is 22.9 Å². The van der Waals surface area contributed by atoms with E-state index in [9.17, 15) is 37.1 Å². The Morgan fingerprint density at radius 2 is 1.83 bits per heavy atom. The Morgan fingerprint density at radius 3 is 2.49 bits per heavy atom. The number of amides is 2. The van der Waals surface area contributed by atoms with Crippen molar-refractivity contribution in [3.05, 3.63) is 92.9 Å². The number of anilines is 1. The molecule has 1 spiro atoms. The van der Waals surface area contributed by atoms with E-state index in [4.69, 9.17) is 0 Å². The largest absolute Gasteiger partial charge is 0.504 e. The van der Waals surface area contributed by atoms with Gasteiger partial charge in [-0.2, -0.15) is 22.7 Å². The molecule has 5 heterocycles. The van der Waals surface area contributed by atoms with Gasteiger partial charge in [-0.1, -0.05) is 6.92 Å². The molecular formula is C36H33F4N9O4. The van der Waals surface area contributed by atoms with Gasteiger partial charge >= 0.3 is 6.18 Å². The SMILES string of the molecule is Cc1ncnc(C(=O)N2CCC3(CC2)CC(C)c2c3c(=O)n3nc(-c4ccc(C5CC5)nc4)nc3n2CC(=O)Nc2ccc(C(F)(F)F)cc2F)c1O. The standard InChI is InChI=1S/C36H33F4N9O4/c1-18-14-35(9-11-47(12-10-35)33(53)28-30(51)19(2)42-17-43-28)27-29(18)48(16-26(50)44-25-8-6-22(13-23(25)37)36(38,39)40)34-45-31(46-49(34)32(27)52)21-5-7-24(41-15-21)20-3-4-20/h5-8,13,15,17-18,20,51H,3-4,9-12,14,16H2,1-2H3,(H,44,50). The maximum absolute atomic E-state index is 14.8. The lowest BCUT2D eigenvalue weighted by atomic mass is 9.73. The summed E-state index contributed by atoms with van der Waals surface area (Å²) in [6.45, 7) is 3.53. The third-order valence-corrected chi connectivity index (χ3v) is 10.6. The first kappa shape index (κ1) is 34.4. The highest BCUT2D eigenvalue weighted by Crippen LogP contribution is 2.50. The Kier molecular flexibility index (Phi) is 8.07. The fraction of sp³-hybridized carbons (Fsp3) is 0.389. The van der Waals surface area contributed by atoms with E-state index in [2.05, 4.69) is 30.4 Å². The molecule has 5 aromatic rings. The number of fused-ring (bicyclic) bond motifs is 3. The summed E-state index contributed by atoms with van der Waals surface area (Å²) >= 11 is 0. The van der Waals surface area contributed by atoms with Crippen LogP contribution in [0.2, 0.25) is 0 Å². The van der Waals surface area contributed by atoms with E-state index in [1.165, 1.54) is 6.33 Å². The predicted molar refractivity (Wildman–Crippen MR) is 181 cm³/mol. The number of halogens is 4. The zero-order chi connectivity index (χ0) is 37.4. The van der Waals surface area contributed by atoms with Crippen LogP contribution in [0.15, 0.2) is 47.7 Å². The number of rotatable bonds is 6. The lowest BCUT2D eigenvalue weighted by molar-refractivity contribution is -0.137. The molecule has 4 aromatic heterocycles. The van der Waals surface area contributed by atoms with E-state index in [-0.39, 0.29) is 47.7 Å². The number of nitrogens with zero attached hydrogens (tertiary/aromatic N) is 8. The molecule has 53 heavy (non-hydrogen) atoms. The molecule has 0 radical (unpaired) electrons. The van der Waals surface area contributed by atoms with Crippen LogP contribution in [0.1, 0.15) is 89.6 Å². The van der Waals surface area contributed by atoms with Gasteiger partial charge in [0.05, 0.1) is 16.9 Å². The van der Waals surface area contributed by atoms with Crippen molar-refractivity contribution in [1.82, 2.24) is 39.0 Å². The van der Waals surface area contributed by atoms with Gasteiger partial charge in [-0.25, -0.2) is 14.4 Å². The third-order valence-electron chi connectivity index (χ3n) is 10.6. The number of aromatic hydroxyl groups is 1. The Hall–Kier alpha value is -5.74. The summed E-state index contributed by atoms with van der Waals surface area (Å²) < 4.78 is 57.0. The molecule has 1 aromatic carbocycles. The lowest BCUT2D eigenvalue weighted by Crippen LogP contribution is -2.46. The average molecular weight is 732 g/mol. The van der Waals surface area contributed by atoms with E-state index < -0.39 is 52.6 Å². The van der Waals surface area contributed by atoms with E-state index in [0.717, 1.165) is 29.1 Å². The van der Waals surface area contributed by atoms with Gasteiger partial charge in [-0.05, 0) is 75.3 Å². The number of carbonyl (C=O) groups is 2. The van der Waals surface area contributed by atoms with Crippen LogP contribution < -0.4 is 10.9 Å². The van der Waals surface area contributed by atoms with Crippen molar-refractivity contribution < 1.29 is 32.3 Å². The van der Waals surface area contributed by atoms with Gasteiger partial charge < -0.3 is 19.9 Å². The van der Waals surface area contributed by atoms with E-state index in [1.54, 1.807) is 22.6 Å². The summed E-state index contributed by atoms with van der Waals surface area (Å²) in [4.78, 5) is 60.2. The molecule has 8 rings (SSSR count). The molecule has 0 bridgehead atoms. The number of piperidine rings is 1. The van der Waals surface area contributed by atoms with Gasteiger partial charge in [-0.15, -0.1) is 5.10 Å². The fourth-order valence-electron chi connectivity index (χ4n) is 7.80. The van der Waals surface area contributed by atoms with E-state index in [1.807, 2.05) is 19.1 Å². The second-order valence-electron chi connectivity index (χ2n) is 14.1. The van der Waals surface area contributed by atoms with Crippen LogP contribution in [0.5, 0.6) is 5.75 Å². The number of aromatic nitrogens is 7. The van der Waals surface area contributed by atoms with E-state index in [0.29, 0.717) is 54.1 Å². The Bertz CT molecular complexity index is 2360. The first-order valence-corrected chi connectivity index (χ1v) is 17.2. The van der Waals surface area contributed by atoms with Crippen LogP contribution in [0.3, 0.4) is 0 Å². The van der Waals surface area contributed by atoms with Crippen LogP contribution >= 0.6 is 0 Å². The zero-order valence-electron chi connectivity index (χ0n) is 28.6. The van der Waals surface area contributed by atoms with Crippen LogP contribution in [0, 0.1) is 12.7 Å². The molecule has 2 N–H and O–H groups in total. The number of carbonyl (C=O) groups excluding carboxylic acids is 2. The minimum Gasteiger partial charge on any atom is -0.504 e. The minimum absolute atomic E-state index is 0.0594. The summed E-state index contributed by atoms with van der Waals surface area (Å²) in [6.07, 6.45) is 1.50. The first-order valence-electron chi connectivity index (χ1n) is 17.2. The van der Waals surface area contributed by atoms with Gasteiger partial charge in [0.25, 0.3) is 11.5 Å². The molecular weight excluding hydrogens is 698 g/mol. The fourth-order valence-corrected chi connectivity index (χ4v) is 7.80. The number of aryl methyl sites for hydroxylation is 1. The molecule has 2 fully saturated rings. The smallest absolute Gasteiger partial charge is 0.416 e. The summed E-state index contributed by atoms with van der Waals surface area (Å²) in [5.41, 5.74) is -0.130. The van der Waals surface area contributed by atoms with Gasteiger partial charge in [0.2, 0.25) is 11.7 Å². The molecule has 2 aliphatic carbocycles. The van der Waals surface area contributed by atoms with Crippen molar-refractivity contribution in [3.8, 4) is 17.1 Å². The average Bonchev–Trinajstić information content (AvgIpc) is 3.81. The number of likely N-dealkylation sites (tertiary alicyclic amines) is 1. The third kappa shape index (κ3) is 5.96. The highest BCUT2D eigenvalue weighted by molar-refractivity contribution is 5.95. The molecule has 1 saturated heterocycles. The molecule has 1 aliphatic heterocycles. The van der Waals surface area contributed by atoms with Crippen LogP contribution in [0.4, 0.5) is 23.2 Å². The quantitative estimate of drug-likeness (QED) is 0.226.